The van der Waals surface area contributed by atoms with Crippen LogP contribution in [0.4, 0.5) is 5.82 Å². The number of benzene rings is 2. The number of anilines is 1. The summed E-state index contributed by atoms with van der Waals surface area (Å²) in [4.78, 5) is 0. The minimum absolute atomic E-state index is 0.308. The molecule has 26 heavy (non-hydrogen) atoms. The topological polar surface area (TPSA) is 17.0 Å². The van der Waals surface area contributed by atoms with Crippen molar-refractivity contribution in [2.45, 2.75) is 39.8 Å². The van der Waals surface area contributed by atoms with Crippen LogP contribution in [-0.2, 0) is 0 Å². The highest BCUT2D eigenvalue weighted by molar-refractivity contribution is 6.31. The molecule has 136 valence electrons. The Kier molecular flexibility index (Phi) is 5.64. The van der Waals surface area contributed by atoms with E-state index < -0.39 is 0 Å². The zero-order valence-corrected chi connectivity index (χ0v) is 17.1. The molecule has 0 amide bonds. The Balaban J connectivity index is 2.24. The van der Waals surface area contributed by atoms with Gasteiger partial charge in [0.15, 0.2) is 0 Å². The first-order valence-corrected chi connectivity index (χ1v) is 9.66. The van der Waals surface area contributed by atoms with Gasteiger partial charge in [-0.3, -0.25) is 0 Å². The molecule has 1 aromatic heterocycles. The monoisotopic (exact) mass is 386 g/mol. The SMILES string of the molecule is CC(C)Nc1c(-c2ccc(Cl)cc2)cc(-c2ccc(Cl)cc2)n1C(C)C. The van der Waals surface area contributed by atoms with Crippen LogP contribution < -0.4 is 5.32 Å². The Morgan fingerprint density at radius 3 is 1.73 bits per heavy atom. The highest BCUT2D eigenvalue weighted by Crippen LogP contribution is 2.39. The van der Waals surface area contributed by atoms with Gasteiger partial charge in [-0.25, -0.2) is 0 Å². The Labute approximate surface area is 165 Å². The number of hydrogen-bond acceptors (Lipinski definition) is 1. The predicted molar refractivity (Wildman–Crippen MR) is 114 cm³/mol. The van der Waals surface area contributed by atoms with Crippen LogP contribution in [0.25, 0.3) is 22.4 Å². The van der Waals surface area contributed by atoms with E-state index in [9.17, 15) is 0 Å². The summed E-state index contributed by atoms with van der Waals surface area (Å²) in [6.07, 6.45) is 0. The molecule has 0 unspecified atom stereocenters. The second-order valence-corrected chi connectivity index (χ2v) is 7.94. The Bertz CT molecular complexity index is 876. The summed E-state index contributed by atoms with van der Waals surface area (Å²) in [5, 5.41) is 5.13. The van der Waals surface area contributed by atoms with Crippen molar-refractivity contribution in [3.8, 4) is 22.4 Å². The first-order chi connectivity index (χ1) is 12.4. The van der Waals surface area contributed by atoms with Crippen LogP contribution in [0.15, 0.2) is 54.6 Å². The van der Waals surface area contributed by atoms with Crippen LogP contribution in [0.2, 0.25) is 10.0 Å². The zero-order valence-electron chi connectivity index (χ0n) is 15.6. The lowest BCUT2D eigenvalue weighted by molar-refractivity contribution is 0.611. The van der Waals surface area contributed by atoms with Gasteiger partial charge in [-0.1, -0.05) is 47.5 Å². The van der Waals surface area contributed by atoms with Crippen molar-refractivity contribution < 1.29 is 0 Å². The quantitative estimate of drug-likeness (QED) is 0.479. The molecule has 3 aromatic rings. The lowest BCUT2D eigenvalue weighted by atomic mass is 10.1. The summed E-state index contributed by atoms with van der Waals surface area (Å²) in [6, 6.07) is 18.9. The van der Waals surface area contributed by atoms with E-state index in [1.807, 2.05) is 24.3 Å². The van der Waals surface area contributed by atoms with E-state index in [4.69, 9.17) is 23.2 Å². The van der Waals surface area contributed by atoms with E-state index in [-0.39, 0.29) is 0 Å². The minimum atomic E-state index is 0.308. The van der Waals surface area contributed by atoms with Crippen LogP contribution in [-0.4, -0.2) is 10.6 Å². The van der Waals surface area contributed by atoms with Crippen molar-refractivity contribution in [2.24, 2.45) is 0 Å². The highest BCUT2D eigenvalue weighted by atomic mass is 35.5. The summed E-state index contributed by atoms with van der Waals surface area (Å²) >= 11 is 12.2. The number of nitrogens with zero attached hydrogens (tertiary/aromatic N) is 1. The molecule has 4 heteroatoms. The van der Waals surface area contributed by atoms with Gasteiger partial charge in [0.2, 0.25) is 0 Å². The molecule has 0 aliphatic carbocycles. The number of halogens is 2. The first-order valence-electron chi connectivity index (χ1n) is 8.90. The summed E-state index contributed by atoms with van der Waals surface area (Å²) in [5.41, 5.74) is 4.64. The van der Waals surface area contributed by atoms with Gasteiger partial charge in [-0.15, -0.1) is 0 Å². The van der Waals surface area contributed by atoms with Gasteiger partial charge in [-0.05, 0) is 69.2 Å². The maximum Gasteiger partial charge on any atom is 0.114 e. The van der Waals surface area contributed by atoms with Gasteiger partial charge < -0.3 is 9.88 Å². The normalized spacial score (nSPS) is 11.4. The molecule has 0 radical (unpaired) electrons. The molecule has 1 heterocycles. The minimum Gasteiger partial charge on any atom is -0.369 e. The van der Waals surface area contributed by atoms with Crippen LogP contribution in [0, 0.1) is 0 Å². The molecular weight excluding hydrogens is 363 g/mol. The molecule has 3 rings (SSSR count). The molecule has 0 aliphatic heterocycles. The van der Waals surface area contributed by atoms with E-state index in [1.54, 1.807) is 0 Å². The van der Waals surface area contributed by atoms with Crippen LogP contribution in [0.1, 0.15) is 33.7 Å². The third-order valence-electron chi connectivity index (χ3n) is 4.27. The fraction of sp³-hybridized carbons (Fsp3) is 0.273. The molecule has 0 bridgehead atoms. The lowest BCUT2D eigenvalue weighted by Crippen LogP contribution is -2.16. The molecule has 2 aromatic carbocycles. The molecular formula is C22H24Cl2N2. The summed E-state index contributed by atoms with van der Waals surface area (Å²) in [6.45, 7) is 8.73. The Morgan fingerprint density at radius 2 is 1.27 bits per heavy atom. The number of nitrogens with one attached hydrogen (secondary N) is 1. The third-order valence-corrected chi connectivity index (χ3v) is 4.78. The zero-order chi connectivity index (χ0) is 18.8. The molecule has 0 aliphatic rings. The molecule has 0 saturated carbocycles. The van der Waals surface area contributed by atoms with Crippen molar-refractivity contribution in [3.05, 3.63) is 64.6 Å². The fourth-order valence-electron chi connectivity index (χ4n) is 3.17. The van der Waals surface area contributed by atoms with Crippen LogP contribution in [0.3, 0.4) is 0 Å². The highest BCUT2D eigenvalue weighted by Gasteiger charge is 2.20. The second kappa shape index (κ2) is 7.77. The maximum atomic E-state index is 6.09. The van der Waals surface area contributed by atoms with E-state index in [0.717, 1.165) is 27.0 Å². The smallest absolute Gasteiger partial charge is 0.114 e. The van der Waals surface area contributed by atoms with Gasteiger partial charge in [0.25, 0.3) is 0 Å². The summed E-state index contributed by atoms with van der Waals surface area (Å²) < 4.78 is 2.35. The van der Waals surface area contributed by atoms with Crippen molar-refractivity contribution in [2.75, 3.05) is 5.32 Å². The first kappa shape index (κ1) is 18.9. The van der Waals surface area contributed by atoms with Gasteiger partial charge in [0.05, 0.1) is 5.69 Å². The third kappa shape index (κ3) is 3.92. The lowest BCUT2D eigenvalue weighted by Gasteiger charge is -2.21. The fourth-order valence-corrected chi connectivity index (χ4v) is 3.43. The van der Waals surface area contributed by atoms with Crippen molar-refractivity contribution in [3.63, 3.8) is 0 Å². The number of hydrogen-bond donors (Lipinski definition) is 1. The molecule has 0 saturated heterocycles. The van der Waals surface area contributed by atoms with Gasteiger partial charge in [0.1, 0.15) is 5.82 Å². The average Bonchev–Trinajstić information content (AvgIpc) is 2.95. The van der Waals surface area contributed by atoms with Crippen LogP contribution >= 0.6 is 23.2 Å². The molecule has 0 atom stereocenters. The largest absolute Gasteiger partial charge is 0.369 e. The summed E-state index contributed by atoms with van der Waals surface area (Å²) in [5.74, 6) is 1.13. The second-order valence-electron chi connectivity index (χ2n) is 7.07. The van der Waals surface area contributed by atoms with Crippen molar-refractivity contribution >= 4 is 29.0 Å². The van der Waals surface area contributed by atoms with Gasteiger partial charge >= 0.3 is 0 Å². The average molecular weight is 387 g/mol. The van der Waals surface area contributed by atoms with Gasteiger partial charge in [-0.2, -0.15) is 0 Å². The Hall–Kier alpha value is -1.90. The molecule has 1 N–H and O–H groups in total. The predicted octanol–water partition coefficient (Wildman–Crippen LogP) is 7.53. The molecule has 2 nitrogen and oxygen atoms in total. The van der Waals surface area contributed by atoms with Crippen LogP contribution in [0.5, 0.6) is 0 Å². The maximum absolute atomic E-state index is 6.09. The summed E-state index contributed by atoms with van der Waals surface area (Å²) in [7, 11) is 0. The van der Waals surface area contributed by atoms with Gasteiger partial charge in [0, 0.05) is 27.7 Å². The number of rotatable bonds is 5. The Morgan fingerprint density at radius 1 is 0.769 bits per heavy atom. The van der Waals surface area contributed by atoms with Crippen molar-refractivity contribution in [1.82, 2.24) is 4.57 Å². The van der Waals surface area contributed by atoms with E-state index in [2.05, 4.69) is 67.9 Å². The van der Waals surface area contributed by atoms with Crippen molar-refractivity contribution in [1.29, 1.82) is 0 Å². The molecule has 0 spiro atoms. The molecule has 0 fully saturated rings. The van der Waals surface area contributed by atoms with E-state index >= 15 is 0 Å². The standard InChI is InChI=1S/C22H24Cl2N2/c1-14(2)25-22-20(16-5-9-18(23)10-6-16)13-21(26(22)15(3)4)17-7-11-19(24)12-8-17/h5-15,25H,1-4H3. The van der Waals surface area contributed by atoms with E-state index in [1.165, 1.54) is 11.3 Å². The van der Waals surface area contributed by atoms with E-state index in [0.29, 0.717) is 12.1 Å². The number of aromatic nitrogens is 1.